The standard InChI is InChI=1S/C19H26Cl4N2O4/c1-3-4-5-6-7-10-29-13-9-8-12(11-14(13)28-2)17(24-18(26)15(20)21)25-19(27)16(22)23/h8-9,11,15-17H,3-7,10H2,1-2H3,(H,24,26)(H,25,27). The van der Waals surface area contributed by atoms with Crippen LogP contribution in [0.3, 0.4) is 0 Å². The van der Waals surface area contributed by atoms with Crippen molar-refractivity contribution in [2.45, 2.75) is 54.9 Å². The molecule has 0 radical (unpaired) electrons. The maximum atomic E-state index is 11.9. The highest BCUT2D eigenvalue weighted by atomic mass is 35.5. The lowest BCUT2D eigenvalue weighted by atomic mass is 10.1. The van der Waals surface area contributed by atoms with Gasteiger partial charge in [0.05, 0.1) is 13.7 Å². The normalized spacial score (nSPS) is 11.1. The van der Waals surface area contributed by atoms with Crippen LogP contribution in [0.4, 0.5) is 0 Å². The van der Waals surface area contributed by atoms with E-state index in [1.54, 1.807) is 18.2 Å². The average Bonchev–Trinajstić information content (AvgIpc) is 2.69. The summed E-state index contributed by atoms with van der Waals surface area (Å²) in [6.07, 6.45) is 4.66. The van der Waals surface area contributed by atoms with Gasteiger partial charge in [-0.25, -0.2) is 0 Å². The van der Waals surface area contributed by atoms with Gasteiger partial charge in [0.2, 0.25) is 0 Å². The predicted molar refractivity (Wildman–Crippen MR) is 117 cm³/mol. The number of hydrogen-bond acceptors (Lipinski definition) is 4. The van der Waals surface area contributed by atoms with Crippen molar-refractivity contribution in [1.29, 1.82) is 0 Å². The van der Waals surface area contributed by atoms with Gasteiger partial charge in [0.25, 0.3) is 11.8 Å². The minimum Gasteiger partial charge on any atom is -0.493 e. The molecule has 10 heteroatoms. The molecule has 29 heavy (non-hydrogen) atoms. The van der Waals surface area contributed by atoms with Crippen molar-refractivity contribution in [2.24, 2.45) is 0 Å². The van der Waals surface area contributed by atoms with Gasteiger partial charge >= 0.3 is 0 Å². The van der Waals surface area contributed by atoms with E-state index in [1.807, 2.05) is 0 Å². The molecule has 0 bridgehead atoms. The maximum absolute atomic E-state index is 11.9. The van der Waals surface area contributed by atoms with Crippen LogP contribution in [0.1, 0.15) is 50.8 Å². The molecule has 0 saturated carbocycles. The van der Waals surface area contributed by atoms with Crippen LogP contribution in [-0.2, 0) is 9.59 Å². The summed E-state index contributed by atoms with van der Waals surface area (Å²) < 4.78 is 11.2. The first-order valence-electron chi connectivity index (χ1n) is 9.27. The summed E-state index contributed by atoms with van der Waals surface area (Å²) >= 11 is 22.4. The Hall–Kier alpha value is -1.08. The van der Waals surface area contributed by atoms with Gasteiger partial charge in [0, 0.05) is 0 Å². The second-order valence-corrected chi connectivity index (χ2v) is 8.42. The molecule has 0 heterocycles. The Morgan fingerprint density at radius 3 is 2.03 bits per heavy atom. The summed E-state index contributed by atoms with van der Waals surface area (Å²) in [5.41, 5.74) is 0.502. The molecule has 6 nitrogen and oxygen atoms in total. The van der Waals surface area contributed by atoms with E-state index in [1.165, 1.54) is 26.4 Å². The molecule has 2 N–H and O–H groups in total. The highest BCUT2D eigenvalue weighted by Crippen LogP contribution is 2.30. The third-order valence-electron chi connectivity index (χ3n) is 4.00. The number of halogens is 4. The van der Waals surface area contributed by atoms with Crippen LogP contribution in [-0.4, -0.2) is 35.2 Å². The monoisotopic (exact) mass is 486 g/mol. The zero-order valence-electron chi connectivity index (χ0n) is 16.4. The fourth-order valence-corrected chi connectivity index (χ4v) is 2.74. The Bertz CT molecular complexity index is 637. The number of carbonyl (C=O) groups is 2. The molecule has 0 aliphatic heterocycles. The number of amides is 2. The van der Waals surface area contributed by atoms with Crippen LogP contribution < -0.4 is 20.1 Å². The summed E-state index contributed by atoms with van der Waals surface area (Å²) in [5, 5.41) is 5.03. The van der Waals surface area contributed by atoms with Crippen molar-refractivity contribution in [3.63, 3.8) is 0 Å². The molecular formula is C19H26Cl4N2O4. The molecule has 0 atom stereocenters. The van der Waals surface area contributed by atoms with Gasteiger partial charge < -0.3 is 20.1 Å². The fraction of sp³-hybridized carbons (Fsp3) is 0.579. The quantitative estimate of drug-likeness (QED) is 0.236. The Morgan fingerprint density at radius 2 is 1.52 bits per heavy atom. The van der Waals surface area contributed by atoms with Gasteiger partial charge in [-0.15, -0.1) is 0 Å². The molecule has 164 valence electrons. The van der Waals surface area contributed by atoms with E-state index >= 15 is 0 Å². The van der Waals surface area contributed by atoms with Crippen molar-refractivity contribution in [2.75, 3.05) is 13.7 Å². The number of benzene rings is 1. The predicted octanol–water partition coefficient (Wildman–Crippen LogP) is 4.88. The Kier molecular flexibility index (Phi) is 12.5. The molecule has 0 aliphatic carbocycles. The van der Waals surface area contributed by atoms with E-state index in [0.29, 0.717) is 23.7 Å². The van der Waals surface area contributed by atoms with Gasteiger partial charge in [-0.05, 0) is 24.1 Å². The van der Waals surface area contributed by atoms with Gasteiger partial charge in [0.15, 0.2) is 21.2 Å². The molecule has 0 unspecified atom stereocenters. The van der Waals surface area contributed by atoms with Gasteiger partial charge in [0.1, 0.15) is 6.17 Å². The zero-order valence-corrected chi connectivity index (χ0v) is 19.4. The van der Waals surface area contributed by atoms with Crippen molar-refractivity contribution < 1.29 is 19.1 Å². The van der Waals surface area contributed by atoms with E-state index in [0.717, 1.165) is 12.8 Å². The van der Waals surface area contributed by atoms with E-state index in [2.05, 4.69) is 17.6 Å². The fourth-order valence-electron chi connectivity index (χ4n) is 2.48. The third kappa shape index (κ3) is 9.51. The molecule has 1 rings (SSSR count). The molecule has 0 saturated heterocycles. The van der Waals surface area contributed by atoms with Crippen molar-refractivity contribution >= 4 is 58.2 Å². The molecule has 1 aromatic rings. The Balaban J connectivity index is 2.89. The Morgan fingerprint density at radius 1 is 0.931 bits per heavy atom. The molecule has 0 fully saturated rings. The van der Waals surface area contributed by atoms with Crippen LogP contribution in [0.2, 0.25) is 0 Å². The highest BCUT2D eigenvalue weighted by molar-refractivity contribution is 6.54. The lowest BCUT2D eigenvalue weighted by molar-refractivity contribution is -0.122. The topological polar surface area (TPSA) is 76.7 Å². The first-order chi connectivity index (χ1) is 13.8. The number of unbranched alkanes of at least 4 members (excludes halogenated alkanes) is 4. The number of carbonyl (C=O) groups excluding carboxylic acids is 2. The molecule has 0 aliphatic rings. The summed E-state index contributed by atoms with van der Waals surface area (Å²) in [6.45, 7) is 2.73. The largest absolute Gasteiger partial charge is 0.493 e. The summed E-state index contributed by atoms with van der Waals surface area (Å²) in [6, 6.07) is 5.00. The first-order valence-corrected chi connectivity index (χ1v) is 11.0. The average molecular weight is 488 g/mol. The van der Waals surface area contributed by atoms with E-state index in [9.17, 15) is 9.59 Å². The van der Waals surface area contributed by atoms with Crippen LogP contribution in [0, 0.1) is 0 Å². The number of methoxy groups -OCH3 is 1. The number of alkyl halides is 4. The van der Waals surface area contributed by atoms with Crippen molar-refractivity contribution in [3.05, 3.63) is 23.8 Å². The van der Waals surface area contributed by atoms with E-state index < -0.39 is 27.7 Å². The van der Waals surface area contributed by atoms with Crippen molar-refractivity contribution in [1.82, 2.24) is 10.6 Å². The van der Waals surface area contributed by atoms with E-state index in [-0.39, 0.29) is 0 Å². The molecule has 1 aromatic carbocycles. The summed E-state index contributed by atoms with van der Waals surface area (Å²) in [5.74, 6) is -0.370. The lowest BCUT2D eigenvalue weighted by Gasteiger charge is -2.22. The van der Waals surface area contributed by atoms with Crippen LogP contribution >= 0.6 is 46.4 Å². The lowest BCUT2D eigenvalue weighted by Crippen LogP contribution is -2.44. The smallest absolute Gasteiger partial charge is 0.255 e. The van der Waals surface area contributed by atoms with Gasteiger partial charge in [-0.2, -0.15) is 0 Å². The summed E-state index contributed by atoms with van der Waals surface area (Å²) in [4.78, 5) is 21.2. The third-order valence-corrected chi connectivity index (χ3v) is 4.79. The van der Waals surface area contributed by atoms with Crippen LogP contribution in [0.15, 0.2) is 18.2 Å². The van der Waals surface area contributed by atoms with Crippen molar-refractivity contribution in [3.8, 4) is 11.5 Å². The molecular weight excluding hydrogens is 462 g/mol. The summed E-state index contributed by atoms with van der Waals surface area (Å²) in [7, 11) is 1.50. The highest BCUT2D eigenvalue weighted by Gasteiger charge is 2.24. The maximum Gasteiger partial charge on any atom is 0.255 e. The number of nitrogens with one attached hydrogen (secondary N) is 2. The first kappa shape index (κ1) is 26.0. The minimum atomic E-state index is -1.31. The zero-order chi connectivity index (χ0) is 21.8. The van der Waals surface area contributed by atoms with Crippen LogP contribution in [0.5, 0.6) is 11.5 Å². The van der Waals surface area contributed by atoms with Gasteiger partial charge in [-0.1, -0.05) is 85.1 Å². The molecule has 2 amide bonds. The second kappa shape index (κ2) is 14.0. The second-order valence-electron chi connectivity index (χ2n) is 6.22. The number of rotatable bonds is 13. The molecule has 0 aromatic heterocycles. The molecule has 0 spiro atoms. The SMILES string of the molecule is CCCCCCCOc1ccc(C(NC(=O)C(Cl)Cl)NC(=O)C(Cl)Cl)cc1OC. The van der Waals surface area contributed by atoms with Gasteiger partial charge in [-0.3, -0.25) is 9.59 Å². The van der Waals surface area contributed by atoms with Crippen LogP contribution in [0.25, 0.3) is 0 Å². The number of hydrogen-bond donors (Lipinski definition) is 2. The minimum absolute atomic E-state index is 0.450. The van der Waals surface area contributed by atoms with E-state index in [4.69, 9.17) is 55.9 Å². The number of ether oxygens (including phenoxy) is 2. The Labute approximate surface area is 191 Å².